The standard InChI is InChI=1S/C13H19NO4/c1-10(15)7-13(17)14-8-11(16)9-18-12-5-3-2-4-6-12/h2-6,10-11,15-16H,7-9H2,1H3,(H,14,17). The van der Waals surface area contributed by atoms with Gasteiger partial charge in [-0.15, -0.1) is 0 Å². The van der Waals surface area contributed by atoms with Gasteiger partial charge in [-0.1, -0.05) is 18.2 Å². The van der Waals surface area contributed by atoms with E-state index in [1.807, 2.05) is 18.2 Å². The first-order valence-corrected chi connectivity index (χ1v) is 5.88. The van der Waals surface area contributed by atoms with Gasteiger partial charge in [-0.3, -0.25) is 4.79 Å². The molecule has 0 aliphatic heterocycles. The fourth-order valence-corrected chi connectivity index (χ4v) is 1.34. The van der Waals surface area contributed by atoms with Crippen LogP contribution in [0.2, 0.25) is 0 Å². The van der Waals surface area contributed by atoms with Crippen molar-refractivity contribution < 1.29 is 19.7 Å². The van der Waals surface area contributed by atoms with Gasteiger partial charge < -0.3 is 20.3 Å². The molecule has 3 N–H and O–H groups in total. The maximum Gasteiger partial charge on any atom is 0.222 e. The Bertz CT molecular complexity index is 353. The molecule has 0 heterocycles. The Hall–Kier alpha value is -1.59. The highest BCUT2D eigenvalue weighted by Gasteiger charge is 2.09. The molecular formula is C13H19NO4. The molecule has 0 radical (unpaired) electrons. The molecule has 1 aromatic rings. The first kappa shape index (κ1) is 14.5. The van der Waals surface area contributed by atoms with Crippen LogP contribution < -0.4 is 10.1 Å². The van der Waals surface area contributed by atoms with E-state index in [1.54, 1.807) is 12.1 Å². The van der Waals surface area contributed by atoms with E-state index >= 15 is 0 Å². The second kappa shape index (κ2) is 7.68. The Morgan fingerprint density at radius 2 is 2.00 bits per heavy atom. The van der Waals surface area contributed by atoms with Crippen LogP contribution in [0.3, 0.4) is 0 Å². The molecule has 0 saturated heterocycles. The van der Waals surface area contributed by atoms with E-state index in [2.05, 4.69) is 5.32 Å². The van der Waals surface area contributed by atoms with E-state index < -0.39 is 12.2 Å². The van der Waals surface area contributed by atoms with Crippen LogP contribution in [0.25, 0.3) is 0 Å². The van der Waals surface area contributed by atoms with Gasteiger partial charge in [0.2, 0.25) is 5.91 Å². The molecule has 0 bridgehead atoms. The van der Waals surface area contributed by atoms with E-state index in [-0.39, 0.29) is 25.5 Å². The van der Waals surface area contributed by atoms with Gasteiger partial charge in [0.05, 0.1) is 12.5 Å². The van der Waals surface area contributed by atoms with Crippen LogP contribution >= 0.6 is 0 Å². The van der Waals surface area contributed by atoms with E-state index in [9.17, 15) is 9.90 Å². The zero-order chi connectivity index (χ0) is 13.4. The third-order valence-corrected chi connectivity index (χ3v) is 2.20. The number of aliphatic hydroxyl groups excluding tert-OH is 2. The molecule has 0 aliphatic rings. The molecule has 18 heavy (non-hydrogen) atoms. The van der Waals surface area contributed by atoms with E-state index in [0.717, 1.165) is 0 Å². The predicted molar refractivity (Wildman–Crippen MR) is 67.3 cm³/mol. The Kier molecular flexibility index (Phi) is 6.18. The van der Waals surface area contributed by atoms with Crippen molar-refractivity contribution in [3.05, 3.63) is 30.3 Å². The molecule has 1 amide bonds. The topological polar surface area (TPSA) is 78.8 Å². The van der Waals surface area contributed by atoms with Gasteiger partial charge in [0.25, 0.3) is 0 Å². The number of rotatable bonds is 7. The molecule has 100 valence electrons. The number of hydrogen-bond acceptors (Lipinski definition) is 4. The number of benzene rings is 1. The summed E-state index contributed by atoms with van der Waals surface area (Å²) in [6.07, 6.45) is -1.42. The number of carbonyl (C=O) groups is 1. The minimum Gasteiger partial charge on any atom is -0.491 e. The average Bonchev–Trinajstić information content (AvgIpc) is 2.34. The smallest absolute Gasteiger partial charge is 0.222 e. The molecule has 2 atom stereocenters. The highest BCUT2D eigenvalue weighted by molar-refractivity contribution is 5.76. The molecule has 0 fully saturated rings. The zero-order valence-electron chi connectivity index (χ0n) is 10.4. The van der Waals surface area contributed by atoms with Gasteiger partial charge >= 0.3 is 0 Å². The number of para-hydroxylation sites is 1. The van der Waals surface area contributed by atoms with Crippen LogP contribution in [0, 0.1) is 0 Å². The number of aliphatic hydroxyl groups is 2. The fourth-order valence-electron chi connectivity index (χ4n) is 1.34. The lowest BCUT2D eigenvalue weighted by Gasteiger charge is -2.13. The summed E-state index contributed by atoms with van der Waals surface area (Å²) in [6, 6.07) is 9.13. The summed E-state index contributed by atoms with van der Waals surface area (Å²) in [5.41, 5.74) is 0. The normalized spacial score (nSPS) is 13.7. The van der Waals surface area contributed by atoms with Crippen molar-refractivity contribution in [3.63, 3.8) is 0 Å². The Morgan fingerprint density at radius 3 is 2.61 bits per heavy atom. The van der Waals surface area contributed by atoms with Crippen LogP contribution in [0.5, 0.6) is 5.75 Å². The predicted octanol–water partition coefficient (Wildman–Crippen LogP) is 0.313. The average molecular weight is 253 g/mol. The van der Waals surface area contributed by atoms with Crippen molar-refractivity contribution in [1.29, 1.82) is 0 Å². The number of amides is 1. The minimum absolute atomic E-state index is 0.0340. The van der Waals surface area contributed by atoms with Crippen LogP contribution in [-0.4, -0.2) is 41.5 Å². The maximum atomic E-state index is 11.2. The highest BCUT2D eigenvalue weighted by atomic mass is 16.5. The third-order valence-electron chi connectivity index (χ3n) is 2.20. The second-order valence-electron chi connectivity index (χ2n) is 4.14. The Balaban J connectivity index is 2.18. The van der Waals surface area contributed by atoms with Crippen molar-refractivity contribution >= 4 is 5.91 Å². The number of nitrogens with one attached hydrogen (secondary N) is 1. The van der Waals surface area contributed by atoms with Gasteiger partial charge in [-0.25, -0.2) is 0 Å². The van der Waals surface area contributed by atoms with Crippen LogP contribution in [0.15, 0.2) is 30.3 Å². The van der Waals surface area contributed by atoms with Crippen LogP contribution in [0.1, 0.15) is 13.3 Å². The SMILES string of the molecule is CC(O)CC(=O)NCC(O)COc1ccccc1. The zero-order valence-corrected chi connectivity index (χ0v) is 10.4. The summed E-state index contributed by atoms with van der Waals surface area (Å²) in [4.78, 5) is 11.2. The first-order valence-electron chi connectivity index (χ1n) is 5.88. The lowest BCUT2D eigenvalue weighted by atomic mass is 10.2. The van der Waals surface area contributed by atoms with Gasteiger partial charge in [-0.05, 0) is 19.1 Å². The van der Waals surface area contributed by atoms with Crippen molar-refractivity contribution in [3.8, 4) is 5.75 Å². The van der Waals surface area contributed by atoms with Crippen molar-refractivity contribution in [2.45, 2.75) is 25.6 Å². The molecular weight excluding hydrogens is 234 g/mol. The van der Waals surface area contributed by atoms with Crippen LogP contribution in [0.4, 0.5) is 0 Å². The molecule has 5 nitrogen and oxygen atoms in total. The lowest BCUT2D eigenvalue weighted by Crippen LogP contribution is -2.36. The summed E-state index contributed by atoms with van der Waals surface area (Å²) >= 11 is 0. The van der Waals surface area contributed by atoms with E-state index in [0.29, 0.717) is 5.75 Å². The fraction of sp³-hybridized carbons (Fsp3) is 0.462. The van der Waals surface area contributed by atoms with E-state index in [1.165, 1.54) is 6.92 Å². The quantitative estimate of drug-likeness (QED) is 0.653. The Morgan fingerprint density at radius 1 is 1.33 bits per heavy atom. The number of ether oxygens (including phenoxy) is 1. The summed E-state index contributed by atoms with van der Waals surface area (Å²) in [6.45, 7) is 1.76. The summed E-state index contributed by atoms with van der Waals surface area (Å²) in [5.74, 6) is 0.385. The molecule has 0 spiro atoms. The van der Waals surface area contributed by atoms with Crippen LogP contribution in [-0.2, 0) is 4.79 Å². The van der Waals surface area contributed by atoms with Gasteiger partial charge in [0.15, 0.2) is 0 Å². The van der Waals surface area contributed by atoms with Gasteiger partial charge in [0.1, 0.15) is 18.5 Å². The molecule has 0 aromatic heterocycles. The summed E-state index contributed by atoms with van der Waals surface area (Å²) < 4.78 is 5.33. The minimum atomic E-state index is -0.775. The molecule has 1 rings (SSSR count). The van der Waals surface area contributed by atoms with E-state index in [4.69, 9.17) is 9.84 Å². The van der Waals surface area contributed by atoms with Gasteiger partial charge in [0, 0.05) is 6.54 Å². The lowest BCUT2D eigenvalue weighted by molar-refractivity contribution is -0.123. The largest absolute Gasteiger partial charge is 0.491 e. The maximum absolute atomic E-state index is 11.2. The summed E-state index contributed by atoms with van der Waals surface area (Å²) in [5, 5.41) is 21.1. The molecule has 1 aromatic carbocycles. The monoisotopic (exact) mass is 253 g/mol. The van der Waals surface area contributed by atoms with Crippen molar-refractivity contribution in [1.82, 2.24) is 5.32 Å². The molecule has 0 aliphatic carbocycles. The number of hydrogen-bond donors (Lipinski definition) is 3. The van der Waals surface area contributed by atoms with Crippen molar-refractivity contribution in [2.75, 3.05) is 13.2 Å². The third kappa shape index (κ3) is 6.22. The molecule has 0 saturated carbocycles. The first-order chi connectivity index (χ1) is 8.58. The molecule has 2 unspecified atom stereocenters. The van der Waals surface area contributed by atoms with Gasteiger partial charge in [-0.2, -0.15) is 0 Å². The molecule has 5 heteroatoms. The second-order valence-corrected chi connectivity index (χ2v) is 4.14. The number of carbonyl (C=O) groups excluding carboxylic acids is 1. The summed E-state index contributed by atoms with van der Waals surface area (Å²) in [7, 11) is 0. The Labute approximate surface area is 106 Å². The van der Waals surface area contributed by atoms with Crippen molar-refractivity contribution in [2.24, 2.45) is 0 Å². The highest BCUT2D eigenvalue weighted by Crippen LogP contribution is 2.08.